The number of likely N-dealkylation sites (N-methyl/N-ethyl adjacent to an activating group) is 1. The lowest BCUT2D eigenvalue weighted by Crippen LogP contribution is -2.49. The highest BCUT2D eigenvalue weighted by atomic mass is 16.4. The first-order valence-electron chi connectivity index (χ1n) is 6.80. The van der Waals surface area contributed by atoms with Gasteiger partial charge < -0.3 is 10.4 Å². The first-order valence-corrected chi connectivity index (χ1v) is 6.80. The minimum Gasteiger partial charge on any atom is -0.481 e. The quantitative estimate of drug-likeness (QED) is 0.855. The van der Waals surface area contributed by atoms with Gasteiger partial charge in [0.05, 0.1) is 12.0 Å². The van der Waals surface area contributed by atoms with E-state index in [1.807, 2.05) is 35.2 Å². The summed E-state index contributed by atoms with van der Waals surface area (Å²) >= 11 is 0. The van der Waals surface area contributed by atoms with Gasteiger partial charge in [-0.25, -0.2) is 0 Å². The second-order valence-electron chi connectivity index (χ2n) is 5.20. The third kappa shape index (κ3) is 2.82. The summed E-state index contributed by atoms with van der Waals surface area (Å²) in [7, 11) is 1.61. The number of carbonyl (C=O) groups is 2. The fourth-order valence-electron chi connectivity index (χ4n) is 2.76. The van der Waals surface area contributed by atoms with Gasteiger partial charge in [0.1, 0.15) is 0 Å². The summed E-state index contributed by atoms with van der Waals surface area (Å²) in [6.07, 6.45) is 1.06. The SMILES string of the molecule is CNC(=O)CN1CCC(C(=O)O)(c2ccccc2)CC1. The van der Waals surface area contributed by atoms with Crippen LogP contribution in [0.3, 0.4) is 0 Å². The Labute approximate surface area is 118 Å². The topological polar surface area (TPSA) is 69.6 Å². The summed E-state index contributed by atoms with van der Waals surface area (Å²) in [5.41, 5.74) is 0.0348. The molecule has 0 radical (unpaired) electrons. The molecule has 0 spiro atoms. The average Bonchev–Trinajstić information content (AvgIpc) is 2.48. The Kier molecular flexibility index (Phi) is 4.39. The fraction of sp³-hybridized carbons (Fsp3) is 0.467. The highest BCUT2D eigenvalue weighted by Gasteiger charge is 2.43. The van der Waals surface area contributed by atoms with Crippen LogP contribution in [0.5, 0.6) is 0 Å². The van der Waals surface area contributed by atoms with Crippen LogP contribution in [0.4, 0.5) is 0 Å². The van der Waals surface area contributed by atoms with Crippen molar-refractivity contribution in [3.63, 3.8) is 0 Å². The van der Waals surface area contributed by atoms with Crippen molar-refractivity contribution in [3.05, 3.63) is 35.9 Å². The molecule has 0 unspecified atom stereocenters. The maximum Gasteiger partial charge on any atom is 0.314 e. The molecule has 1 amide bonds. The van der Waals surface area contributed by atoms with Crippen LogP contribution in [-0.2, 0) is 15.0 Å². The molecule has 0 atom stereocenters. The van der Waals surface area contributed by atoms with Crippen molar-refractivity contribution in [1.29, 1.82) is 0 Å². The second kappa shape index (κ2) is 6.05. The molecule has 1 heterocycles. The van der Waals surface area contributed by atoms with E-state index in [0.29, 0.717) is 32.5 Å². The molecule has 0 saturated carbocycles. The second-order valence-corrected chi connectivity index (χ2v) is 5.20. The Balaban J connectivity index is 2.11. The molecule has 5 heteroatoms. The molecule has 1 saturated heterocycles. The predicted octanol–water partition coefficient (Wildman–Crippen LogP) is 0.851. The van der Waals surface area contributed by atoms with Gasteiger partial charge in [-0.3, -0.25) is 14.5 Å². The van der Waals surface area contributed by atoms with Gasteiger partial charge in [0.25, 0.3) is 0 Å². The zero-order chi connectivity index (χ0) is 14.6. The highest BCUT2D eigenvalue weighted by Crippen LogP contribution is 2.35. The normalized spacial score (nSPS) is 18.4. The van der Waals surface area contributed by atoms with Gasteiger partial charge in [-0.15, -0.1) is 0 Å². The summed E-state index contributed by atoms with van der Waals surface area (Å²) in [6.45, 7) is 1.57. The Morgan fingerprint density at radius 2 is 1.85 bits per heavy atom. The number of piperidine rings is 1. The molecule has 1 aromatic carbocycles. The molecule has 108 valence electrons. The zero-order valence-corrected chi connectivity index (χ0v) is 11.6. The summed E-state index contributed by atoms with van der Waals surface area (Å²) in [5.74, 6) is -0.809. The van der Waals surface area contributed by atoms with E-state index in [1.165, 1.54) is 0 Å². The van der Waals surface area contributed by atoms with Crippen molar-refractivity contribution in [2.45, 2.75) is 18.3 Å². The van der Waals surface area contributed by atoms with Gasteiger partial charge in [-0.05, 0) is 18.4 Å². The standard InChI is InChI=1S/C15H20N2O3/c1-16-13(18)11-17-9-7-15(8-10-17,14(19)20)12-5-3-2-4-6-12/h2-6H,7-11H2,1H3,(H,16,18)(H,19,20). The van der Waals surface area contributed by atoms with E-state index in [4.69, 9.17) is 0 Å². The molecule has 0 bridgehead atoms. The number of aliphatic carboxylic acids is 1. The highest BCUT2D eigenvalue weighted by molar-refractivity contribution is 5.82. The number of benzene rings is 1. The van der Waals surface area contributed by atoms with Gasteiger partial charge in [0.2, 0.25) is 5.91 Å². The van der Waals surface area contributed by atoms with Crippen molar-refractivity contribution >= 4 is 11.9 Å². The molecular formula is C15H20N2O3. The van der Waals surface area contributed by atoms with E-state index < -0.39 is 11.4 Å². The van der Waals surface area contributed by atoms with E-state index in [2.05, 4.69) is 5.32 Å². The van der Waals surface area contributed by atoms with Gasteiger partial charge in [0, 0.05) is 20.1 Å². The van der Waals surface area contributed by atoms with E-state index >= 15 is 0 Å². The first kappa shape index (κ1) is 14.5. The number of nitrogens with zero attached hydrogens (tertiary/aromatic N) is 1. The number of nitrogens with one attached hydrogen (secondary N) is 1. The monoisotopic (exact) mass is 276 g/mol. The molecule has 5 nitrogen and oxygen atoms in total. The molecule has 1 aliphatic heterocycles. The zero-order valence-electron chi connectivity index (χ0n) is 11.6. The van der Waals surface area contributed by atoms with Crippen molar-refractivity contribution in [1.82, 2.24) is 10.2 Å². The number of likely N-dealkylation sites (tertiary alicyclic amines) is 1. The predicted molar refractivity (Wildman–Crippen MR) is 75.5 cm³/mol. The lowest BCUT2D eigenvalue weighted by molar-refractivity contribution is -0.146. The van der Waals surface area contributed by atoms with Crippen LogP contribution >= 0.6 is 0 Å². The molecule has 0 aromatic heterocycles. The summed E-state index contributed by atoms with van der Waals surface area (Å²) in [4.78, 5) is 25.1. The number of carbonyl (C=O) groups excluding carboxylic acids is 1. The Bertz CT molecular complexity index is 479. The lowest BCUT2D eigenvalue weighted by atomic mass is 9.73. The maximum atomic E-state index is 11.8. The van der Waals surface area contributed by atoms with Crippen molar-refractivity contribution < 1.29 is 14.7 Å². The van der Waals surface area contributed by atoms with Crippen LogP contribution in [0.15, 0.2) is 30.3 Å². The molecule has 1 fully saturated rings. The number of rotatable bonds is 4. The van der Waals surface area contributed by atoms with Crippen LogP contribution in [-0.4, -0.2) is 48.6 Å². The third-order valence-electron chi connectivity index (χ3n) is 4.09. The number of amides is 1. The van der Waals surface area contributed by atoms with Crippen molar-refractivity contribution in [2.75, 3.05) is 26.7 Å². The minimum absolute atomic E-state index is 0.0347. The molecular weight excluding hydrogens is 256 g/mol. The van der Waals surface area contributed by atoms with Crippen molar-refractivity contribution in [2.24, 2.45) is 0 Å². The number of hydrogen-bond donors (Lipinski definition) is 2. The molecule has 0 aliphatic carbocycles. The van der Waals surface area contributed by atoms with E-state index in [1.54, 1.807) is 7.05 Å². The smallest absolute Gasteiger partial charge is 0.314 e. The van der Waals surface area contributed by atoms with Gasteiger partial charge in [-0.1, -0.05) is 30.3 Å². The van der Waals surface area contributed by atoms with E-state index in [-0.39, 0.29) is 5.91 Å². The summed E-state index contributed by atoms with van der Waals surface area (Å²) < 4.78 is 0. The molecule has 2 N–H and O–H groups in total. The van der Waals surface area contributed by atoms with Crippen molar-refractivity contribution in [3.8, 4) is 0 Å². The molecule has 20 heavy (non-hydrogen) atoms. The lowest BCUT2D eigenvalue weighted by Gasteiger charge is -2.38. The third-order valence-corrected chi connectivity index (χ3v) is 4.09. The number of hydrogen-bond acceptors (Lipinski definition) is 3. The Morgan fingerprint density at radius 3 is 2.35 bits per heavy atom. The Morgan fingerprint density at radius 1 is 1.25 bits per heavy atom. The van der Waals surface area contributed by atoms with Gasteiger partial charge in [-0.2, -0.15) is 0 Å². The summed E-state index contributed by atoms with van der Waals surface area (Å²) in [6, 6.07) is 9.39. The van der Waals surface area contributed by atoms with Crippen LogP contribution in [0.2, 0.25) is 0 Å². The molecule has 2 rings (SSSR count). The van der Waals surface area contributed by atoms with Crippen LogP contribution in [0.25, 0.3) is 0 Å². The molecule has 1 aromatic rings. The number of carboxylic acids is 1. The van der Waals surface area contributed by atoms with Crippen LogP contribution < -0.4 is 5.32 Å². The van der Waals surface area contributed by atoms with Crippen LogP contribution in [0, 0.1) is 0 Å². The fourth-order valence-corrected chi connectivity index (χ4v) is 2.76. The maximum absolute atomic E-state index is 11.8. The van der Waals surface area contributed by atoms with Gasteiger partial charge >= 0.3 is 5.97 Å². The molecule has 1 aliphatic rings. The number of carboxylic acid groups (broad SMARTS) is 1. The summed E-state index contributed by atoms with van der Waals surface area (Å²) in [5, 5.41) is 12.2. The largest absolute Gasteiger partial charge is 0.481 e. The van der Waals surface area contributed by atoms with Crippen LogP contribution in [0.1, 0.15) is 18.4 Å². The average molecular weight is 276 g/mol. The van der Waals surface area contributed by atoms with E-state index in [0.717, 1.165) is 5.56 Å². The van der Waals surface area contributed by atoms with E-state index in [9.17, 15) is 14.7 Å². The Hall–Kier alpha value is -1.88. The minimum atomic E-state index is -0.819. The van der Waals surface area contributed by atoms with Gasteiger partial charge in [0.15, 0.2) is 0 Å². The first-order chi connectivity index (χ1) is 9.58.